The van der Waals surface area contributed by atoms with E-state index in [1.165, 1.54) is 18.1 Å². The molecule has 0 saturated heterocycles. The molecule has 4 aromatic carbocycles. The Balaban J connectivity index is 1.53. The highest BCUT2D eigenvalue weighted by Gasteiger charge is 2.45. The van der Waals surface area contributed by atoms with E-state index in [1.807, 2.05) is 58.0 Å². The van der Waals surface area contributed by atoms with Crippen molar-refractivity contribution >= 4 is 38.6 Å². The molecule has 284 valence electrons. The first kappa shape index (κ1) is 38.7. The van der Waals surface area contributed by atoms with Crippen molar-refractivity contribution in [3.8, 4) is 11.3 Å². The monoisotopic (exact) mass is 759 g/mol. The maximum Gasteiger partial charge on any atom is 0.267 e. The van der Waals surface area contributed by atoms with Gasteiger partial charge in [0.2, 0.25) is 5.91 Å². The second kappa shape index (κ2) is 16.2. The zero-order chi connectivity index (χ0) is 39.4. The van der Waals surface area contributed by atoms with Gasteiger partial charge in [-0.15, -0.1) is 0 Å². The van der Waals surface area contributed by atoms with Crippen molar-refractivity contribution in [1.82, 2.24) is 19.3 Å². The number of nitrogens with one attached hydrogen (secondary N) is 1. The van der Waals surface area contributed by atoms with Crippen LogP contribution in [0.3, 0.4) is 0 Å². The number of sulfonamides is 1. The maximum atomic E-state index is 15.5. The van der Waals surface area contributed by atoms with Crippen molar-refractivity contribution < 1.29 is 27.3 Å². The molecule has 2 heterocycles. The number of hydrogen-bond acceptors (Lipinski definition) is 7. The molecule has 0 spiro atoms. The van der Waals surface area contributed by atoms with Crippen LogP contribution in [0.25, 0.3) is 22.2 Å². The number of fused-ring (bicyclic) bond motifs is 1. The molecule has 0 radical (unpaired) electrons. The Bertz CT molecular complexity index is 2410. The summed E-state index contributed by atoms with van der Waals surface area (Å²) in [6, 6.07) is 23.8. The first-order valence-corrected chi connectivity index (χ1v) is 19.7. The van der Waals surface area contributed by atoms with Gasteiger partial charge in [-0.2, -0.15) is 0 Å². The zero-order valence-electron chi connectivity index (χ0n) is 31.6. The van der Waals surface area contributed by atoms with Gasteiger partial charge >= 0.3 is 0 Å². The Hall–Kier alpha value is -6.01. The molecule has 3 N–H and O–H groups in total. The van der Waals surface area contributed by atoms with Crippen LogP contribution in [0.5, 0.6) is 0 Å². The number of aryl methyl sites for hydroxylation is 4. The number of aromatic nitrogens is 2. The molecule has 2 aromatic heterocycles. The van der Waals surface area contributed by atoms with E-state index < -0.39 is 39.8 Å². The average Bonchev–Trinajstić information content (AvgIpc) is 3.86. The van der Waals surface area contributed by atoms with Crippen molar-refractivity contribution in [2.24, 2.45) is 5.73 Å². The number of benzene rings is 4. The summed E-state index contributed by atoms with van der Waals surface area (Å²) in [5, 5.41) is 4.53. The fraction of sp³-hybridized carbons (Fsp3) is 0.256. The van der Waals surface area contributed by atoms with Crippen molar-refractivity contribution in [2.75, 3.05) is 7.05 Å². The number of H-pyrrole nitrogens is 1. The summed E-state index contributed by atoms with van der Waals surface area (Å²) >= 11 is 0. The summed E-state index contributed by atoms with van der Waals surface area (Å²) in [4.78, 5) is 47.9. The molecule has 2 atom stereocenters. The first-order valence-electron chi connectivity index (χ1n) is 18.2. The molecular formula is C43H45N5O6S. The maximum absolute atomic E-state index is 15.5. The van der Waals surface area contributed by atoms with E-state index in [1.54, 1.807) is 66.9 Å². The summed E-state index contributed by atoms with van der Waals surface area (Å²) in [6.07, 6.45) is 3.64. The zero-order valence-corrected chi connectivity index (χ0v) is 32.4. The predicted octanol–water partition coefficient (Wildman–Crippen LogP) is 6.56. The lowest BCUT2D eigenvalue weighted by molar-refractivity contribution is -0.137. The van der Waals surface area contributed by atoms with Crippen LogP contribution in [-0.4, -0.2) is 64.6 Å². The Kier molecular flexibility index (Phi) is 11.4. The summed E-state index contributed by atoms with van der Waals surface area (Å²) in [5.41, 5.74) is 11.9. The first-order chi connectivity index (χ1) is 26.3. The van der Waals surface area contributed by atoms with Crippen LogP contribution in [0.15, 0.2) is 113 Å². The molecule has 0 aliphatic carbocycles. The summed E-state index contributed by atoms with van der Waals surface area (Å²) in [5.74, 6) is -1.92. The van der Waals surface area contributed by atoms with Crippen LogP contribution >= 0.6 is 0 Å². The molecule has 12 heteroatoms. The SMILES string of the molecule is CCc1cccc(CC)c1S(=O)(=O)N(C(=O)[C@H](Cc1ccc(-c2ccno2)cc1)N(C)C(=O)c1cc(C)cc(C)c1)[C@@H](Cc1c[nH]c2ccccc12)C(N)=O. The fourth-order valence-corrected chi connectivity index (χ4v) is 9.40. The number of para-hydroxylation sites is 1. The Labute approximate surface area is 321 Å². The molecule has 0 aliphatic rings. The predicted molar refractivity (Wildman–Crippen MR) is 212 cm³/mol. The van der Waals surface area contributed by atoms with Gasteiger partial charge in [0.05, 0.1) is 11.1 Å². The average molecular weight is 760 g/mol. The Morgan fingerprint density at radius 2 is 1.47 bits per heavy atom. The third-order valence-corrected chi connectivity index (χ3v) is 12.0. The second-order valence-electron chi connectivity index (χ2n) is 13.8. The Morgan fingerprint density at radius 3 is 2.07 bits per heavy atom. The van der Waals surface area contributed by atoms with Gasteiger partial charge in [-0.25, -0.2) is 12.7 Å². The third-order valence-electron chi connectivity index (χ3n) is 10.0. The lowest BCUT2D eigenvalue weighted by Gasteiger charge is -2.36. The molecule has 55 heavy (non-hydrogen) atoms. The van der Waals surface area contributed by atoms with Gasteiger partial charge in [-0.1, -0.05) is 96.9 Å². The van der Waals surface area contributed by atoms with E-state index >= 15 is 13.2 Å². The van der Waals surface area contributed by atoms with Crippen LogP contribution in [-0.2, 0) is 45.3 Å². The third kappa shape index (κ3) is 7.95. The van der Waals surface area contributed by atoms with Gasteiger partial charge in [-0.05, 0) is 67.1 Å². The normalized spacial score (nSPS) is 12.7. The molecule has 3 amide bonds. The molecule has 0 bridgehead atoms. The van der Waals surface area contributed by atoms with Crippen LogP contribution in [0.1, 0.15) is 57.6 Å². The molecule has 0 saturated carbocycles. The van der Waals surface area contributed by atoms with Crippen molar-refractivity contribution in [1.29, 1.82) is 0 Å². The molecule has 0 aliphatic heterocycles. The van der Waals surface area contributed by atoms with E-state index in [0.717, 1.165) is 27.6 Å². The number of aromatic amines is 1. The summed E-state index contributed by atoms with van der Waals surface area (Å²) in [6.45, 7) is 7.41. The van der Waals surface area contributed by atoms with E-state index in [-0.39, 0.29) is 17.7 Å². The van der Waals surface area contributed by atoms with Crippen molar-refractivity contribution in [2.45, 2.75) is 70.4 Å². The number of carbonyl (C=O) groups is 3. The van der Waals surface area contributed by atoms with E-state index in [4.69, 9.17) is 10.3 Å². The highest BCUT2D eigenvalue weighted by atomic mass is 32.2. The standard InChI is InChI=1S/C43H45N5O6S/c1-6-30-11-10-12-31(7-2)40(30)55(52,53)48(37(41(44)49)25-34-26-45-36-14-9-8-13-35(34)36)43(51)38(47(5)42(50)33-22-27(3)21-28(4)23-33)24-29-15-17-32(18-16-29)39-19-20-46-54-39/h8-23,26,37-38,45H,6-7,24-25H2,1-5H3,(H2,44,49)/t37-,38-/m0/s1. The van der Waals surface area contributed by atoms with E-state index in [2.05, 4.69) is 10.1 Å². The van der Waals surface area contributed by atoms with E-state index in [0.29, 0.717) is 50.7 Å². The number of nitrogens with zero attached hydrogens (tertiary/aromatic N) is 3. The summed E-state index contributed by atoms with van der Waals surface area (Å²) < 4.78 is 36.6. The van der Waals surface area contributed by atoms with Gasteiger partial charge in [0, 0.05) is 54.2 Å². The summed E-state index contributed by atoms with van der Waals surface area (Å²) in [7, 11) is -3.30. The second-order valence-corrected chi connectivity index (χ2v) is 15.6. The van der Waals surface area contributed by atoms with Gasteiger partial charge < -0.3 is 20.1 Å². The van der Waals surface area contributed by atoms with Gasteiger partial charge in [0.1, 0.15) is 12.1 Å². The minimum Gasteiger partial charge on any atom is -0.368 e. The highest BCUT2D eigenvalue weighted by Crippen LogP contribution is 2.32. The quantitative estimate of drug-likeness (QED) is 0.127. The van der Waals surface area contributed by atoms with Crippen molar-refractivity contribution in [3.63, 3.8) is 0 Å². The number of nitrogens with two attached hydrogens (primary N) is 1. The van der Waals surface area contributed by atoms with Crippen molar-refractivity contribution in [3.05, 3.63) is 142 Å². The molecule has 6 rings (SSSR count). The topological polar surface area (TPSA) is 160 Å². The van der Waals surface area contributed by atoms with Crippen LogP contribution in [0.2, 0.25) is 0 Å². The molecule has 6 aromatic rings. The van der Waals surface area contributed by atoms with Gasteiger partial charge in [0.15, 0.2) is 5.76 Å². The number of rotatable bonds is 14. The molecule has 0 fully saturated rings. The lowest BCUT2D eigenvalue weighted by Crippen LogP contribution is -2.58. The number of primary amides is 1. The van der Waals surface area contributed by atoms with E-state index in [9.17, 15) is 9.59 Å². The van der Waals surface area contributed by atoms with Gasteiger partial charge in [0.25, 0.3) is 21.8 Å². The number of carbonyl (C=O) groups excluding carboxylic acids is 3. The minimum absolute atomic E-state index is 0.0445. The largest absolute Gasteiger partial charge is 0.368 e. The molecule has 11 nitrogen and oxygen atoms in total. The lowest BCUT2D eigenvalue weighted by atomic mass is 9.99. The fourth-order valence-electron chi connectivity index (χ4n) is 7.25. The molecular weight excluding hydrogens is 715 g/mol. The number of amides is 3. The number of likely N-dealkylation sites (N-methyl/N-ethyl adjacent to an activating group) is 1. The van der Waals surface area contributed by atoms with Gasteiger partial charge in [-0.3, -0.25) is 14.4 Å². The van der Waals surface area contributed by atoms with Crippen LogP contribution < -0.4 is 5.73 Å². The molecule has 0 unspecified atom stereocenters. The highest BCUT2D eigenvalue weighted by molar-refractivity contribution is 7.89. The van der Waals surface area contributed by atoms with Crippen LogP contribution in [0.4, 0.5) is 0 Å². The number of hydrogen-bond donors (Lipinski definition) is 2. The smallest absolute Gasteiger partial charge is 0.267 e. The minimum atomic E-state index is -4.78. The van der Waals surface area contributed by atoms with Crippen LogP contribution in [0, 0.1) is 13.8 Å². The Morgan fingerprint density at radius 1 is 0.818 bits per heavy atom.